The number of hydrogen-bond donors (Lipinski definition) is 1. The van der Waals surface area contributed by atoms with Crippen molar-refractivity contribution in [3.63, 3.8) is 0 Å². The summed E-state index contributed by atoms with van der Waals surface area (Å²) in [5.41, 5.74) is 0. The summed E-state index contributed by atoms with van der Waals surface area (Å²) in [5.74, 6) is 0.909. The summed E-state index contributed by atoms with van der Waals surface area (Å²) < 4.78 is 11.7. The highest BCUT2D eigenvalue weighted by Gasteiger charge is 1.94. The minimum atomic E-state index is 0.703. The molecule has 1 rings (SSSR count). The summed E-state index contributed by atoms with van der Waals surface area (Å²) in [7, 11) is 1.75. The van der Waals surface area contributed by atoms with Crippen molar-refractivity contribution >= 4 is 15.9 Å². The van der Waals surface area contributed by atoms with E-state index in [1.54, 1.807) is 7.11 Å². The fraction of sp³-hybridized carbons (Fsp3) is 0.571. The van der Waals surface area contributed by atoms with Gasteiger partial charge in [0.05, 0.1) is 0 Å². The lowest BCUT2D eigenvalue weighted by molar-refractivity contribution is 0.192. The van der Waals surface area contributed by atoms with Crippen molar-refractivity contribution in [3.05, 3.63) is 28.7 Å². The largest absolute Gasteiger partial charge is 0.492 e. The molecule has 1 N–H and O–H groups in total. The third-order valence-corrected chi connectivity index (χ3v) is 3.04. The van der Waals surface area contributed by atoms with Crippen LogP contribution in [0.25, 0.3) is 0 Å². The molecule has 102 valence electrons. The molecule has 0 unspecified atom stereocenters. The highest BCUT2D eigenvalue weighted by Crippen LogP contribution is 2.17. The maximum Gasteiger partial charge on any atom is 0.120 e. The van der Waals surface area contributed by atoms with E-state index in [0.29, 0.717) is 6.61 Å². The van der Waals surface area contributed by atoms with Gasteiger partial charge < -0.3 is 14.8 Å². The van der Waals surface area contributed by atoms with E-state index in [9.17, 15) is 0 Å². The first kappa shape index (κ1) is 15.5. The minimum absolute atomic E-state index is 0.703. The lowest BCUT2D eigenvalue weighted by Gasteiger charge is -2.07. The van der Waals surface area contributed by atoms with Crippen LogP contribution in [0.3, 0.4) is 0 Å². The molecular weight excluding hydrogens is 294 g/mol. The Bertz CT molecular complexity index is 320. The van der Waals surface area contributed by atoms with Gasteiger partial charge in [-0.15, -0.1) is 0 Å². The number of hydrogen-bond acceptors (Lipinski definition) is 3. The van der Waals surface area contributed by atoms with Crippen LogP contribution >= 0.6 is 15.9 Å². The van der Waals surface area contributed by atoms with E-state index in [0.717, 1.165) is 36.3 Å². The molecule has 0 spiro atoms. The van der Waals surface area contributed by atoms with Crippen LogP contribution in [0.1, 0.15) is 19.3 Å². The molecule has 4 heteroatoms. The number of methoxy groups -OCH3 is 1. The van der Waals surface area contributed by atoms with Crippen molar-refractivity contribution in [2.75, 3.05) is 33.4 Å². The van der Waals surface area contributed by atoms with Gasteiger partial charge in [-0.1, -0.05) is 22.0 Å². The van der Waals surface area contributed by atoms with E-state index in [-0.39, 0.29) is 0 Å². The topological polar surface area (TPSA) is 30.5 Å². The zero-order valence-corrected chi connectivity index (χ0v) is 12.5. The Morgan fingerprint density at radius 3 is 2.78 bits per heavy atom. The molecule has 0 saturated heterocycles. The van der Waals surface area contributed by atoms with Gasteiger partial charge in [-0.3, -0.25) is 0 Å². The maximum atomic E-state index is 5.62. The third-order valence-electron chi connectivity index (χ3n) is 2.55. The van der Waals surface area contributed by atoms with Crippen LogP contribution in [0.2, 0.25) is 0 Å². The van der Waals surface area contributed by atoms with Crippen LogP contribution < -0.4 is 10.1 Å². The van der Waals surface area contributed by atoms with Gasteiger partial charge in [0.15, 0.2) is 0 Å². The lowest BCUT2D eigenvalue weighted by atomic mass is 10.2. The van der Waals surface area contributed by atoms with Crippen molar-refractivity contribution < 1.29 is 9.47 Å². The van der Waals surface area contributed by atoms with Crippen molar-refractivity contribution in [3.8, 4) is 5.75 Å². The first-order valence-corrected chi connectivity index (χ1v) is 7.20. The van der Waals surface area contributed by atoms with E-state index in [2.05, 4.69) is 21.2 Å². The molecule has 3 nitrogen and oxygen atoms in total. The van der Waals surface area contributed by atoms with Crippen LogP contribution in [0.5, 0.6) is 5.75 Å². The molecule has 0 aromatic heterocycles. The monoisotopic (exact) mass is 315 g/mol. The second-order valence-electron chi connectivity index (χ2n) is 4.11. The number of halogens is 1. The predicted molar refractivity (Wildman–Crippen MR) is 78.2 cm³/mol. The summed E-state index contributed by atoms with van der Waals surface area (Å²) in [6, 6.07) is 7.91. The number of benzene rings is 1. The average Bonchev–Trinajstić information content (AvgIpc) is 2.37. The van der Waals surface area contributed by atoms with Gasteiger partial charge >= 0.3 is 0 Å². The smallest absolute Gasteiger partial charge is 0.120 e. The SMILES string of the molecule is COCCCCCNCCOc1cccc(Br)c1. The lowest BCUT2D eigenvalue weighted by Crippen LogP contribution is -2.22. The van der Waals surface area contributed by atoms with Crippen molar-refractivity contribution in [2.45, 2.75) is 19.3 Å². The molecule has 0 aliphatic carbocycles. The molecule has 0 aliphatic rings. The Balaban J connectivity index is 1.92. The second-order valence-corrected chi connectivity index (χ2v) is 5.02. The van der Waals surface area contributed by atoms with E-state index in [4.69, 9.17) is 9.47 Å². The highest BCUT2D eigenvalue weighted by molar-refractivity contribution is 9.10. The summed E-state index contributed by atoms with van der Waals surface area (Å²) in [6.45, 7) is 3.50. The molecule has 0 fully saturated rings. The second kappa shape index (κ2) is 10.4. The molecule has 0 amide bonds. The number of nitrogens with one attached hydrogen (secondary N) is 1. The molecule has 0 aliphatic heterocycles. The Kier molecular flexibility index (Phi) is 8.90. The normalized spacial score (nSPS) is 10.6. The van der Waals surface area contributed by atoms with Gasteiger partial charge in [-0.2, -0.15) is 0 Å². The molecule has 0 bridgehead atoms. The molecule has 18 heavy (non-hydrogen) atoms. The zero-order chi connectivity index (χ0) is 13.1. The van der Waals surface area contributed by atoms with Crippen LogP contribution in [0.4, 0.5) is 0 Å². The Labute approximate surface area is 118 Å². The number of ether oxygens (including phenoxy) is 2. The summed E-state index contributed by atoms with van der Waals surface area (Å²) >= 11 is 3.42. The van der Waals surface area contributed by atoms with Gasteiger partial charge in [-0.25, -0.2) is 0 Å². The van der Waals surface area contributed by atoms with Crippen molar-refractivity contribution in [1.82, 2.24) is 5.32 Å². The minimum Gasteiger partial charge on any atom is -0.492 e. The predicted octanol–water partition coefficient (Wildman–Crippen LogP) is 3.23. The third kappa shape index (κ3) is 7.69. The Hall–Kier alpha value is -0.580. The molecule has 0 radical (unpaired) electrons. The standard InChI is InChI=1S/C14H22BrNO2/c1-17-10-4-2-3-8-16-9-11-18-14-7-5-6-13(15)12-14/h5-7,12,16H,2-4,8-11H2,1H3. The fourth-order valence-corrected chi connectivity index (χ4v) is 1.97. The molecular formula is C14H22BrNO2. The first-order valence-electron chi connectivity index (χ1n) is 6.41. The fourth-order valence-electron chi connectivity index (χ4n) is 1.60. The Morgan fingerprint density at radius 1 is 1.11 bits per heavy atom. The van der Waals surface area contributed by atoms with Crippen LogP contribution in [-0.2, 0) is 4.74 Å². The maximum absolute atomic E-state index is 5.62. The van der Waals surface area contributed by atoms with Gasteiger partial charge in [0.2, 0.25) is 0 Å². The van der Waals surface area contributed by atoms with Crippen LogP contribution in [0.15, 0.2) is 28.7 Å². The molecule has 1 aromatic rings. The van der Waals surface area contributed by atoms with E-state index in [1.807, 2.05) is 24.3 Å². The molecule has 1 aromatic carbocycles. The number of unbranched alkanes of at least 4 members (excludes halogenated alkanes) is 2. The highest BCUT2D eigenvalue weighted by atomic mass is 79.9. The Morgan fingerprint density at radius 2 is 2.00 bits per heavy atom. The molecule has 0 atom stereocenters. The average molecular weight is 316 g/mol. The van der Waals surface area contributed by atoms with Crippen LogP contribution in [-0.4, -0.2) is 33.4 Å². The molecule has 0 heterocycles. The van der Waals surface area contributed by atoms with E-state index in [1.165, 1.54) is 12.8 Å². The zero-order valence-electron chi connectivity index (χ0n) is 11.0. The van der Waals surface area contributed by atoms with Crippen LogP contribution in [0, 0.1) is 0 Å². The molecule has 0 saturated carbocycles. The summed E-state index contributed by atoms with van der Waals surface area (Å²) in [4.78, 5) is 0. The van der Waals surface area contributed by atoms with Gasteiger partial charge in [0.1, 0.15) is 12.4 Å². The van der Waals surface area contributed by atoms with Crippen molar-refractivity contribution in [1.29, 1.82) is 0 Å². The van der Waals surface area contributed by atoms with Gasteiger partial charge in [0.25, 0.3) is 0 Å². The van der Waals surface area contributed by atoms with E-state index < -0.39 is 0 Å². The summed E-state index contributed by atoms with van der Waals surface area (Å²) in [6.07, 6.45) is 3.56. The number of rotatable bonds is 10. The quantitative estimate of drug-likeness (QED) is 0.672. The van der Waals surface area contributed by atoms with Gasteiger partial charge in [-0.05, 0) is 44.0 Å². The van der Waals surface area contributed by atoms with Gasteiger partial charge in [0, 0.05) is 24.7 Å². The summed E-state index contributed by atoms with van der Waals surface area (Å²) in [5, 5.41) is 3.37. The first-order chi connectivity index (χ1) is 8.83. The van der Waals surface area contributed by atoms with Crippen molar-refractivity contribution in [2.24, 2.45) is 0 Å². The van der Waals surface area contributed by atoms with E-state index >= 15 is 0 Å².